The molecular formula is C16H15FN4. The van der Waals surface area contributed by atoms with Crippen LogP contribution in [0.25, 0.3) is 11.3 Å². The van der Waals surface area contributed by atoms with Crippen molar-refractivity contribution in [3.8, 4) is 11.3 Å². The lowest BCUT2D eigenvalue weighted by Gasteiger charge is -2.03. The van der Waals surface area contributed by atoms with Crippen LogP contribution in [-0.2, 0) is 6.54 Å². The van der Waals surface area contributed by atoms with Crippen molar-refractivity contribution in [3.63, 3.8) is 0 Å². The summed E-state index contributed by atoms with van der Waals surface area (Å²) in [6, 6.07) is 9.57. The fourth-order valence-electron chi connectivity index (χ4n) is 2.28. The van der Waals surface area contributed by atoms with Crippen LogP contribution in [0.1, 0.15) is 11.1 Å². The lowest BCUT2D eigenvalue weighted by Crippen LogP contribution is -2.00. The second kappa shape index (κ2) is 5.36. The van der Waals surface area contributed by atoms with Crippen molar-refractivity contribution < 1.29 is 4.39 Å². The monoisotopic (exact) mass is 282 g/mol. The van der Waals surface area contributed by atoms with Crippen molar-refractivity contribution in [2.24, 2.45) is 0 Å². The molecule has 0 bridgehead atoms. The Hall–Kier alpha value is -2.69. The molecule has 0 saturated carbocycles. The van der Waals surface area contributed by atoms with Gasteiger partial charge in [-0.15, -0.1) is 0 Å². The van der Waals surface area contributed by atoms with Gasteiger partial charge in [-0.05, 0) is 18.6 Å². The molecule has 0 atom stereocenters. The number of benzene rings is 1. The second-order valence-corrected chi connectivity index (χ2v) is 5.01. The summed E-state index contributed by atoms with van der Waals surface area (Å²) in [5.74, 6) is -0.403. The molecule has 5 heteroatoms. The molecule has 2 N–H and O–H groups in total. The second-order valence-electron chi connectivity index (χ2n) is 5.01. The summed E-state index contributed by atoms with van der Waals surface area (Å²) in [6.45, 7) is 2.67. The van der Waals surface area contributed by atoms with Gasteiger partial charge >= 0.3 is 0 Å². The highest BCUT2D eigenvalue weighted by atomic mass is 19.1. The minimum absolute atomic E-state index is 0.403. The lowest BCUT2D eigenvalue weighted by molar-refractivity contribution is 0.621. The fraction of sp³-hybridized carbons (Fsp3) is 0.125. The highest BCUT2D eigenvalue weighted by molar-refractivity contribution is 5.71. The van der Waals surface area contributed by atoms with Crippen LogP contribution in [0, 0.1) is 12.7 Å². The van der Waals surface area contributed by atoms with Gasteiger partial charge in [0, 0.05) is 18.0 Å². The standard InChI is InChI=1S/C16H15FN4/c1-11-3-2-4-12(5-11)9-21-10-15(18)16(20-21)13-6-14(17)8-19-7-13/h2-8,10H,9,18H2,1H3. The molecule has 0 spiro atoms. The summed E-state index contributed by atoms with van der Waals surface area (Å²) in [4.78, 5) is 3.83. The Balaban J connectivity index is 1.91. The Labute approximate surface area is 122 Å². The first-order valence-electron chi connectivity index (χ1n) is 6.61. The zero-order chi connectivity index (χ0) is 14.8. The van der Waals surface area contributed by atoms with Crippen molar-refractivity contribution in [2.45, 2.75) is 13.5 Å². The van der Waals surface area contributed by atoms with E-state index in [9.17, 15) is 4.39 Å². The van der Waals surface area contributed by atoms with Crippen LogP contribution >= 0.6 is 0 Å². The van der Waals surface area contributed by atoms with E-state index in [4.69, 9.17) is 5.73 Å². The normalized spacial score (nSPS) is 10.8. The maximum absolute atomic E-state index is 13.2. The number of aromatic nitrogens is 3. The molecule has 0 radical (unpaired) electrons. The molecule has 1 aromatic carbocycles. The Morgan fingerprint density at radius 2 is 2.10 bits per heavy atom. The molecule has 0 fully saturated rings. The third-order valence-corrected chi connectivity index (χ3v) is 3.20. The minimum Gasteiger partial charge on any atom is -0.396 e. The van der Waals surface area contributed by atoms with Gasteiger partial charge in [0.1, 0.15) is 11.5 Å². The van der Waals surface area contributed by atoms with E-state index >= 15 is 0 Å². The molecule has 0 unspecified atom stereocenters. The summed E-state index contributed by atoms with van der Waals surface area (Å²) in [5.41, 5.74) is 9.95. The van der Waals surface area contributed by atoms with Crippen molar-refractivity contribution in [3.05, 3.63) is 65.9 Å². The van der Waals surface area contributed by atoms with Crippen LogP contribution in [-0.4, -0.2) is 14.8 Å². The Kier molecular flexibility index (Phi) is 3.39. The van der Waals surface area contributed by atoms with Gasteiger partial charge in [-0.1, -0.05) is 29.8 Å². The Morgan fingerprint density at radius 1 is 1.24 bits per heavy atom. The van der Waals surface area contributed by atoms with Crippen LogP contribution in [0.5, 0.6) is 0 Å². The molecule has 0 amide bonds. The van der Waals surface area contributed by atoms with E-state index in [2.05, 4.69) is 16.1 Å². The molecule has 4 nitrogen and oxygen atoms in total. The predicted octanol–water partition coefficient (Wildman–Crippen LogP) is 3.02. The number of nitrogens with zero attached hydrogens (tertiary/aromatic N) is 3. The number of anilines is 1. The predicted molar refractivity (Wildman–Crippen MR) is 80.1 cm³/mol. The molecule has 106 valence electrons. The van der Waals surface area contributed by atoms with Gasteiger partial charge < -0.3 is 5.73 Å². The van der Waals surface area contributed by atoms with Gasteiger partial charge in [0.05, 0.1) is 18.4 Å². The summed E-state index contributed by atoms with van der Waals surface area (Å²) in [6.07, 6.45) is 4.46. The zero-order valence-electron chi connectivity index (χ0n) is 11.6. The number of nitrogen functional groups attached to an aromatic ring is 1. The van der Waals surface area contributed by atoms with Gasteiger partial charge in [-0.25, -0.2) is 4.39 Å². The van der Waals surface area contributed by atoms with E-state index in [0.29, 0.717) is 23.5 Å². The average molecular weight is 282 g/mol. The highest BCUT2D eigenvalue weighted by Gasteiger charge is 2.10. The average Bonchev–Trinajstić information content (AvgIpc) is 2.79. The molecule has 0 saturated heterocycles. The smallest absolute Gasteiger partial charge is 0.142 e. The summed E-state index contributed by atoms with van der Waals surface area (Å²) in [7, 11) is 0. The Morgan fingerprint density at radius 3 is 2.86 bits per heavy atom. The molecule has 2 aromatic heterocycles. The number of aryl methyl sites for hydroxylation is 1. The van der Waals surface area contributed by atoms with Gasteiger partial charge in [0.2, 0.25) is 0 Å². The molecule has 21 heavy (non-hydrogen) atoms. The fourth-order valence-corrected chi connectivity index (χ4v) is 2.28. The maximum atomic E-state index is 13.2. The van der Waals surface area contributed by atoms with E-state index < -0.39 is 5.82 Å². The Bertz CT molecular complexity index is 779. The number of halogens is 1. The van der Waals surface area contributed by atoms with Gasteiger partial charge in [-0.3, -0.25) is 9.67 Å². The quantitative estimate of drug-likeness (QED) is 0.803. The van der Waals surface area contributed by atoms with E-state index in [-0.39, 0.29) is 0 Å². The number of pyridine rings is 1. The van der Waals surface area contributed by atoms with Crippen LogP contribution in [0.3, 0.4) is 0 Å². The molecule has 2 heterocycles. The molecule has 0 aliphatic rings. The summed E-state index contributed by atoms with van der Waals surface area (Å²) < 4.78 is 15.0. The third-order valence-electron chi connectivity index (χ3n) is 3.20. The van der Waals surface area contributed by atoms with E-state index in [1.807, 2.05) is 25.1 Å². The molecule has 3 rings (SSSR count). The SMILES string of the molecule is Cc1cccc(Cn2cc(N)c(-c3cncc(F)c3)n2)c1. The first kappa shape index (κ1) is 13.3. The molecule has 3 aromatic rings. The zero-order valence-corrected chi connectivity index (χ0v) is 11.6. The maximum Gasteiger partial charge on any atom is 0.142 e. The van der Waals surface area contributed by atoms with Crippen molar-refractivity contribution >= 4 is 5.69 Å². The van der Waals surface area contributed by atoms with E-state index in [1.165, 1.54) is 11.6 Å². The van der Waals surface area contributed by atoms with E-state index in [0.717, 1.165) is 11.8 Å². The third kappa shape index (κ3) is 2.91. The van der Waals surface area contributed by atoms with Crippen LogP contribution < -0.4 is 5.73 Å². The first-order valence-corrected chi connectivity index (χ1v) is 6.61. The lowest BCUT2D eigenvalue weighted by atomic mass is 10.1. The molecular weight excluding hydrogens is 267 g/mol. The van der Waals surface area contributed by atoms with Crippen LogP contribution in [0.2, 0.25) is 0 Å². The summed E-state index contributed by atoms with van der Waals surface area (Å²) in [5, 5.41) is 4.43. The van der Waals surface area contributed by atoms with Crippen LogP contribution in [0.15, 0.2) is 48.9 Å². The number of hydrogen-bond donors (Lipinski definition) is 1. The summed E-state index contributed by atoms with van der Waals surface area (Å²) >= 11 is 0. The van der Waals surface area contributed by atoms with Crippen molar-refractivity contribution in [1.82, 2.24) is 14.8 Å². The van der Waals surface area contributed by atoms with Gasteiger partial charge in [0.15, 0.2) is 0 Å². The largest absolute Gasteiger partial charge is 0.396 e. The van der Waals surface area contributed by atoms with Crippen LogP contribution in [0.4, 0.5) is 10.1 Å². The van der Waals surface area contributed by atoms with Gasteiger partial charge in [0.25, 0.3) is 0 Å². The molecule has 0 aliphatic carbocycles. The van der Waals surface area contributed by atoms with Crippen molar-refractivity contribution in [2.75, 3.05) is 5.73 Å². The number of rotatable bonds is 3. The first-order chi connectivity index (χ1) is 10.1. The number of nitrogens with two attached hydrogens (primary N) is 1. The van der Waals surface area contributed by atoms with Crippen molar-refractivity contribution in [1.29, 1.82) is 0 Å². The minimum atomic E-state index is -0.403. The topological polar surface area (TPSA) is 56.7 Å². The highest BCUT2D eigenvalue weighted by Crippen LogP contribution is 2.24. The van der Waals surface area contributed by atoms with Gasteiger partial charge in [-0.2, -0.15) is 5.10 Å². The molecule has 0 aliphatic heterocycles. The number of hydrogen-bond acceptors (Lipinski definition) is 3. The van der Waals surface area contributed by atoms with E-state index in [1.54, 1.807) is 17.1 Å².